The zero-order valence-corrected chi connectivity index (χ0v) is 33.3. The lowest BCUT2D eigenvalue weighted by atomic mass is 9.99. The zero-order valence-electron chi connectivity index (χ0n) is 33.3. The smallest absolute Gasteiger partial charge is 0.407 e. The minimum atomic E-state index is -0.694. The molecule has 0 spiro atoms. The fourth-order valence-corrected chi connectivity index (χ4v) is 8.33. The van der Waals surface area contributed by atoms with Gasteiger partial charge in [-0.2, -0.15) is 0 Å². The number of carbonyl (C=O) groups is 4. The molecule has 3 heterocycles. The number of amides is 4. The molecular formula is C43H52N8O6. The van der Waals surface area contributed by atoms with Crippen LogP contribution in [0, 0.1) is 11.8 Å². The third-order valence-corrected chi connectivity index (χ3v) is 11.5. The SMILES string of the molecule is COC(=O)N[C@H](C(=O)N[C@@H]1CCC[C@H]1c1ncc(-c2ccc(-c3ccc4c(ccc5nc([C@@H]6CCCN6C(=O)[C@@H](NC(=O)OC)C(C)C)[nH]c54)c3)cc2)[nH]1)C(C)C. The number of hydrogen-bond donors (Lipinski definition) is 5. The first kappa shape index (κ1) is 39.3. The summed E-state index contributed by atoms with van der Waals surface area (Å²) < 4.78 is 9.51. The third-order valence-electron chi connectivity index (χ3n) is 11.5. The summed E-state index contributed by atoms with van der Waals surface area (Å²) in [7, 11) is 2.58. The summed E-state index contributed by atoms with van der Waals surface area (Å²) in [6.45, 7) is 8.18. The number of hydrogen-bond acceptors (Lipinski definition) is 8. The van der Waals surface area contributed by atoms with Crippen molar-refractivity contribution in [3.63, 3.8) is 0 Å². The van der Waals surface area contributed by atoms with Crippen LogP contribution in [0.5, 0.6) is 0 Å². The predicted molar refractivity (Wildman–Crippen MR) is 217 cm³/mol. The molecule has 0 bridgehead atoms. The molecular weight excluding hydrogens is 725 g/mol. The molecule has 57 heavy (non-hydrogen) atoms. The van der Waals surface area contributed by atoms with E-state index in [0.717, 1.165) is 87.9 Å². The first-order chi connectivity index (χ1) is 27.4. The number of ether oxygens (including phenoxy) is 2. The number of fused-ring (bicyclic) bond motifs is 3. The van der Waals surface area contributed by atoms with Crippen molar-refractivity contribution in [3.8, 4) is 22.4 Å². The molecule has 4 amide bonds. The van der Waals surface area contributed by atoms with Crippen LogP contribution in [0.4, 0.5) is 9.59 Å². The molecule has 300 valence electrons. The van der Waals surface area contributed by atoms with E-state index in [9.17, 15) is 19.2 Å². The molecule has 2 aliphatic rings. The number of imidazole rings is 2. The van der Waals surface area contributed by atoms with Crippen molar-refractivity contribution in [2.45, 2.75) is 89.9 Å². The molecule has 14 heteroatoms. The lowest BCUT2D eigenvalue weighted by Crippen LogP contribution is -2.52. The van der Waals surface area contributed by atoms with Gasteiger partial charge in [-0.3, -0.25) is 9.59 Å². The first-order valence-corrected chi connectivity index (χ1v) is 19.8. The predicted octanol–water partition coefficient (Wildman–Crippen LogP) is 6.95. The highest BCUT2D eigenvalue weighted by Gasteiger charge is 2.38. The molecule has 14 nitrogen and oxygen atoms in total. The molecule has 1 aliphatic heterocycles. The highest BCUT2D eigenvalue weighted by atomic mass is 16.5. The maximum absolute atomic E-state index is 13.7. The minimum absolute atomic E-state index is 0.0371. The number of carbonyl (C=O) groups excluding carboxylic acids is 4. The van der Waals surface area contributed by atoms with E-state index in [1.54, 1.807) is 0 Å². The van der Waals surface area contributed by atoms with Crippen molar-refractivity contribution in [1.82, 2.24) is 40.8 Å². The third kappa shape index (κ3) is 8.16. The number of likely N-dealkylation sites (tertiary alicyclic amines) is 1. The van der Waals surface area contributed by atoms with Crippen LogP contribution in [0.15, 0.2) is 60.8 Å². The Labute approximate surface area is 331 Å². The summed E-state index contributed by atoms with van der Waals surface area (Å²) in [5.74, 6) is 1.04. The molecule has 1 aliphatic carbocycles. The van der Waals surface area contributed by atoms with Crippen molar-refractivity contribution in [2.24, 2.45) is 11.8 Å². The summed E-state index contributed by atoms with van der Waals surface area (Å²) in [5.41, 5.74) is 5.82. The quantitative estimate of drug-likeness (QED) is 0.0955. The summed E-state index contributed by atoms with van der Waals surface area (Å²) in [4.78, 5) is 69.3. The lowest BCUT2D eigenvalue weighted by Gasteiger charge is -2.29. The Hall–Kier alpha value is -5.92. The summed E-state index contributed by atoms with van der Waals surface area (Å²) in [5, 5.41) is 10.6. The topological polar surface area (TPSA) is 183 Å². The van der Waals surface area contributed by atoms with Gasteiger partial charge >= 0.3 is 12.2 Å². The Morgan fingerprint density at radius 1 is 0.772 bits per heavy atom. The van der Waals surface area contributed by atoms with Gasteiger partial charge in [0.1, 0.15) is 23.7 Å². The van der Waals surface area contributed by atoms with Crippen LogP contribution in [-0.4, -0.2) is 87.7 Å². The van der Waals surface area contributed by atoms with Gasteiger partial charge in [0.05, 0.1) is 43.2 Å². The molecule has 5 atom stereocenters. The number of alkyl carbamates (subject to hydrolysis) is 2. The number of H-pyrrole nitrogens is 2. The number of aromatic amines is 2. The van der Waals surface area contributed by atoms with Gasteiger partial charge in [-0.1, -0.05) is 76.6 Å². The van der Waals surface area contributed by atoms with Gasteiger partial charge in [0.2, 0.25) is 11.8 Å². The van der Waals surface area contributed by atoms with E-state index in [0.29, 0.717) is 6.54 Å². The van der Waals surface area contributed by atoms with Crippen LogP contribution in [0.25, 0.3) is 44.2 Å². The van der Waals surface area contributed by atoms with E-state index >= 15 is 0 Å². The molecule has 1 saturated carbocycles. The Morgan fingerprint density at radius 3 is 2.16 bits per heavy atom. The molecule has 5 aromatic rings. The Morgan fingerprint density at radius 2 is 1.46 bits per heavy atom. The summed E-state index contributed by atoms with van der Waals surface area (Å²) in [6, 6.07) is 17.2. The number of rotatable bonds is 11. The molecule has 2 fully saturated rings. The van der Waals surface area contributed by atoms with E-state index in [1.165, 1.54) is 14.2 Å². The summed E-state index contributed by atoms with van der Waals surface area (Å²) in [6.07, 6.45) is 4.92. The van der Waals surface area contributed by atoms with E-state index in [2.05, 4.69) is 74.4 Å². The van der Waals surface area contributed by atoms with Gasteiger partial charge in [-0.25, -0.2) is 19.6 Å². The molecule has 1 saturated heterocycles. The van der Waals surface area contributed by atoms with Crippen LogP contribution in [0.1, 0.15) is 83.4 Å². The highest BCUT2D eigenvalue weighted by molar-refractivity contribution is 6.05. The average molecular weight is 777 g/mol. The van der Waals surface area contributed by atoms with Crippen LogP contribution >= 0.6 is 0 Å². The molecule has 3 aromatic carbocycles. The van der Waals surface area contributed by atoms with E-state index in [1.807, 2.05) is 44.9 Å². The number of nitrogens with one attached hydrogen (secondary N) is 5. The van der Waals surface area contributed by atoms with Gasteiger partial charge < -0.3 is 40.3 Å². The number of aromatic nitrogens is 4. The number of methoxy groups -OCH3 is 2. The van der Waals surface area contributed by atoms with Crippen molar-refractivity contribution in [1.29, 1.82) is 0 Å². The van der Waals surface area contributed by atoms with Gasteiger partial charge in [-0.05, 0) is 71.7 Å². The van der Waals surface area contributed by atoms with Crippen LogP contribution in [0.2, 0.25) is 0 Å². The monoisotopic (exact) mass is 776 g/mol. The van der Waals surface area contributed by atoms with Crippen LogP contribution in [0.3, 0.4) is 0 Å². The standard InChI is InChI=1S/C43H52N8O6/c1-23(2)35(49-42(54)56-5)40(52)47-31-10-7-9-30(31)38-44-22-33(46-38)26-14-12-25(13-15-26)27-16-18-29-28(21-27)17-19-32-37(29)48-39(45-32)34-11-8-20-51(34)41(53)36(24(3)4)50-43(55)57-6/h12-19,21-24,30-31,34-36H,7-11,20H2,1-6H3,(H,44,46)(H,45,48)(H,47,52)(H,49,54)(H,50,55)/t30-,31-,34+,35+,36+/m1/s1. The second kappa shape index (κ2) is 16.7. The van der Waals surface area contributed by atoms with Gasteiger partial charge in [0.25, 0.3) is 0 Å². The number of nitrogens with zero attached hydrogens (tertiary/aromatic N) is 3. The maximum atomic E-state index is 13.7. The van der Waals surface area contributed by atoms with E-state index in [-0.39, 0.29) is 41.7 Å². The molecule has 7 rings (SSSR count). The Balaban J connectivity index is 1.05. The zero-order chi connectivity index (χ0) is 40.4. The fourth-order valence-electron chi connectivity index (χ4n) is 8.33. The van der Waals surface area contributed by atoms with Gasteiger partial charge in [-0.15, -0.1) is 0 Å². The van der Waals surface area contributed by atoms with Crippen molar-refractivity contribution >= 4 is 45.8 Å². The second-order valence-electron chi connectivity index (χ2n) is 15.8. The van der Waals surface area contributed by atoms with Crippen LogP contribution < -0.4 is 16.0 Å². The molecule has 5 N–H and O–H groups in total. The number of benzene rings is 3. The highest BCUT2D eigenvalue weighted by Crippen LogP contribution is 2.37. The van der Waals surface area contributed by atoms with Crippen LogP contribution in [-0.2, 0) is 19.1 Å². The van der Waals surface area contributed by atoms with Gasteiger partial charge in [0, 0.05) is 23.9 Å². The molecule has 0 unspecified atom stereocenters. The Bertz CT molecular complexity index is 2260. The minimum Gasteiger partial charge on any atom is -0.453 e. The van der Waals surface area contributed by atoms with E-state index in [4.69, 9.17) is 19.4 Å². The fraction of sp³-hybridized carbons (Fsp3) is 0.442. The van der Waals surface area contributed by atoms with Crippen molar-refractivity contribution < 1.29 is 28.7 Å². The van der Waals surface area contributed by atoms with E-state index < -0.39 is 24.3 Å². The largest absolute Gasteiger partial charge is 0.453 e. The molecule has 2 aromatic heterocycles. The second-order valence-corrected chi connectivity index (χ2v) is 15.8. The first-order valence-electron chi connectivity index (χ1n) is 19.8. The van der Waals surface area contributed by atoms with Crippen molar-refractivity contribution in [2.75, 3.05) is 20.8 Å². The normalized spacial score (nSPS) is 19.2. The lowest BCUT2D eigenvalue weighted by molar-refractivity contribution is -0.135. The Kier molecular flexibility index (Phi) is 11.5. The van der Waals surface area contributed by atoms with Gasteiger partial charge in [0.15, 0.2) is 0 Å². The maximum Gasteiger partial charge on any atom is 0.407 e. The molecule has 0 radical (unpaired) electrons. The average Bonchev–Trinajstić information content (AvgIpc) is 4.05. The van der Waals surface area contributed by atoms with Crippen molar-refractivity contribution in [3.05, 3.63) is 72.4 Å². The summed E-state index contributed by atoms with van der Waals surface area (Å²) >= 11 is 0.